The number of carbonyl (C=O) groups is 3. The summed E-state index contributed by atoms with van der Waals surface area (Å²) in [6.07, 6.45) is 0.727. The second kappa shape index (κ2) is 15.2. The molecule has 37 heavy (non-hydrogen) atoms. The second-order valence-electron chi connectivity index (χ2n) is 8.26. The maximum absolute atomic E-state index is 13.1. The third kappa shape index (κ3) is 9.51. The van der Waals surface area contributed by atoms with E-state index in [0.29, 0.717) is 6.54 Å². The number of benzene rings is 3. The van der Waals surface area contributed by atoms with Crippen LogP contribution in [0.5, 0.6) is 5.75 Å². The van der Waals surface area contributed by atoms with Gasteiger partial charge < -0.3 is 19.7 Å². The largest absolute Gasteiger partial charge is 0.497 e. The molecule has 0 fully saturated rings. The molecule has 2 N–H and O–H groups in total. The molecule has 0 amide bonds. The zero-order valence-electron chi connectivity index (χ0n) is 21.2. The normalized spacial score (nSPS) is 12.1. The van der Waals surface area contributed by atoms with Crippen molar-refractivity contribution >= 4 is 17.7 Å². The third-order valence-electron chi connectivity index (χ3n) is 5.85. The van der Waals surface area contributed by atoms with Crippen molar-refractivity contribution < 1.29 is 34.1 Å². The molecule has 0 heterocycles. The highest BCUT2D eigenvalue weighted by Gasteiger charge is 2.24. The first kappa shape index (κ1) is 29.2. The van der Waals surface area contributed by atoms with Crippen molar-refractivity contribution in [3.05, 3.63) is 102 Å². The van der Waals surface area contributed by atoms with Crippen LogP contribution in [0.15, 0.2) is 84.9 Å². The van der Waals surface area contributed by atoms with E-state index in [-0.39, 0.29) is 17.9 Å². The Balaban J connectivity index is 0.000000717. The summed E-state index contributed by atoms with van der Waals surface area (Å²) in [6, 6.07) is 27.5. The highest BCUT2D eigenvalue weighted by atomic mass is 16.5. The van der Waals surface area contributed by atoms with Gasteiger partial charge in [0.15, 0.2) is 5.78 Å². The Labute approximate surface area is 217 Å². The van der Waals surface area contributed by atoms with Gasteiger partial charge in [0.1, 0.15) is 5.75 Å². The van der Waals surface area contributed by atoms with Gasteiger partial charge in [-0.1, -0.05) is 72.8 Å². The van der Waals surface area contributed by atoms with Crippen molar-refractivity contribution in [3.8, 4) is 5.75 Å². The lowest BCUT2D eigenvalue weighted by Gasteiger charge is -2.30. The number of hydrogen-bond acceptors (Lipinski definition) is 6. The van der Waals surface area contributed by atoms with Crippen molar-refractivity contribution in [2.45, 2.75) is 32.0 Å². The Morgan fingerprint density at radius 2 is 1.35 bits per heavy atom. The molecule has 0 spiro atoms. The van der Waals surface area contributed by atoms with E-state index in [2.05, 4.69) is 17.0 Å². The first-order valence-electron chi connectivity index (χ1n) is 11.8. The molecule has 0 aliphatic carbocycles. The summed E-state index contributed by atoms with van der Waals surface area (Å²) in [5.41, 5.74) is 3.03. The molecular formula is C29H33NO7. The van der Waals surface area contributed by atoms with Crippen molar-refractivity contribution in [3.63, 3.8) is 0 Å². The molecule has 0 aromatic heterocycles. The zero-order valence-corrected chi connectivity index (χ0v) is 21.2. The Kier molecular flexibility index (Phi) is 12.0. The maximum atomic E-state index is 13.1. The lowest BCUT2D eigenvalue weighted by Crippen LogP contribution is -2.39. The van der Waals surface area contributed by atoms with Gasteiger partial charge in [-0.15, -0.1) is 0 Å². The number of carboxylic acids is 2. The Morgan fingerprint density at radius 1 is 0.811 bits per heavy atom. The average Bonchev–Trinajstić information content (AvgIpc) is 2.93. The summed E-state index contributed by atoms with van der Waals surface area (Å²) in [5, 5.41) is 14.8. The van der Waals surface area contributed by atoms with Gasteiger partial charge in [0.2, 0.25) is 0 Å². The van der Waals surface area contributed by atoms with Crippen molar-refractivity contribution in [2.24, 2.45) is 0 Å². The maximum Gasteiger partial charge on any atom is 0.414 e. The van der Waals surface area contributed by atoms with Crippen LogP contribution in [0, 0.1) is 0 Å². The minimum atomic E-state index is -1.82. The van der Waals surface area contributed by atoms with Gasteiger partial charge in [0.25, 0.3) is 0 Å². The number of methoxy groups -OCH3 is 2. The van der Waals surface area contributed by atoms with Crippen LogP contribution in [-0.2, 0) is 20.9 Å². The van der Waals surface area contributed by atoms with E-state index in [1.807, 2.05) is 79.7 Å². The number of Topliss-reactive ketones (excluding diaryl/α,β-unsaturated/α-hetero) is 1. The smallest absolute Gasteiger partial charge is 0.414 e. The molecule has 0 radical (unpaired) electrons. The molecule has 2 atom stereocenters. The van der Waals surface area contributed by atoms with Gasteiger partial charge in [-0.05, 0) is 36.6 Å². The Hall–Kier alpha value is -4.01. The first-order chi connectivity index (χ1) is 17.8. The SMILES string of the molecule is COc1ccc(C(CCN(Cc2ccccc2)C(C)C(=O)c2ccccc2)OC)cc1.O=C(O)C(=O)O. The average molecular weight is 508 g/mol. The predicted molar refractivity (Wildman–Crippen MR) is 140 cm³/mol. The molecule has 8 nitrogen and oxygen atoms in total. The van der Waals surface area contributed by atoms with Gasteiger partial charge in [-0.2, -0.15) is 0 Å². The van der Waals surface area contributed by atoms with Crippen LogP contribution in [0.3, 0.4) is 0 Å². The molecule has 8 heteroatoms. The Bertz CT molecular complexity index is 1110. The monoisotopic (exact) mass is 507 g/mol. The quantitative estimate of drug-likeness (QED) is 0.284. The molecule has 196 valence electrons. The summed E-state index contributed by atoms with van der Waals surface area (Å²) in [7, 11) is 3.39. The summed E-state index contributed by atoms with van der Waals surface area (Å²) < 4.78 is 11.0. The molecule has 3 rings (SSSR count). The van der Waals surface area contributed by atoms with Crippen LogP contribution in [-0.4, -0.2) is 59.6 Å². The van der Waals surface area contributed by atoms with Crippen LogP contribution in [0.1, 0.15) is 40.9 Å². The number of hydrogen-bond donors (Lipinski definition) is 2. The minimum Gasteiger partial charge on any atom is -0.497 e. The molecule has 0 aliphatic heterocycles. The molecule has 3 aromatic carbocycles. The van der Waals surface area contributed by atoms with E-state index in [0.717, 1.165) is 29.8 Å². The summed E-state index contributed by atoms with van der Waals surface area (Å²) in [5.74, 6) is -2.69. The van der Waals surface area contributed by atoms with E-state index < -0.39 is 11.9 Å². The second-order valence-corrected chi connectivity index (χ2v) is 8.26. The lowest BCUT2D eigenvalue weighted by molar-refractivity contribution is -0.159. The number of nitrogens with zero attached hydrogens (tertiary/aromatic N) is 1. The third-order valence-corrected chi connectivity index (χ3v) is 5.85. The molecular weight excluding hydrogens is 474 g/mol. The van der Waals surface area contributed by atoms with Crippen LogP contribution < -0.4 is 4.74 Å². The number of ketones is 1. The number of carbonyl (C=O) groups excluding carboxylic acids is 1. The highest BCUT2D eigenvalue weighted by molar-refractivity contribution is 6.27. The van der Waals surface area contributed by atoms with Crippen LogP contribution >= 0.6 is 0 Å². The highest BCUT2D eigenvalue weighted by Crippen LogP contribution is 2.24. The van der Waals surface area contributed by atoms with E-state index in [4.69, 9.17) is 29.3 Å². The van der Waals surface area contributed by atoms with Crippen molar-refractivity contribution in [1.82, 2.24) is 4.90 Å². The van der Waals surface area contributed by atoms with Crippen LogP contribution in [0.2, 0.25) is 0 Å². The zero-order chi connectivity index (χ0) is 27.2. The van der Waals surface area contributed by atoms with Gasteiger partial charge in [0, 0.05) is 25.8 Å². The van der Waals surface area contributed by atoms with E-state index in [1.165, 1.54) is 5.56 Å². The molecule has 0 aliphatic rings. The molecule has 0 saturated carbocycles. The topological polar surface area (TPSA) is 113 Å². The van der Waals surface area contributed by atoms with E-state index >= 15 is 0 Å². The van der Waals surface area contributed by atoms with Gasteiger partial charge >= 0.3 is 11.9 Å². The summed E-state index contributed by atoms with van der Waals surface area (Å²) in [4.78, 5) is 33.6. The molecule has 0 bridgehead atoms. The summed E-state index contributed by atoms with van der Waals surface area (Å²) >= 11 is 0. The predicted octanol–water partition coefficient (Wildman–Crippen LogP) is 4.70. The Morgan fingerprint density at radius 3 is 1.84 bits per heavy atom. The van der Waals surface area contributed by atoms with Crippen molar-refractivity contribution in [2.75, 3.05) is 20.8 Å². The van der Waals surface area contributed by atoms with E-state index in [9.17, 15) is 4.79 Å². The fourth-order valence-electron chi connectivity index (χ4n) is 3.76. The fraction of sp³-hybridized carbons (Fsp3) is 0.276. The van der Waals surface area contributed by atoms with Crippen LogP contribution in [0.25, 0.3) is 0 Å². The van der Waals surface area contributed by atoms with Gasteiger partial charge in [-0.3, -0.25) is 9.69 Å². The summed E-state index contributed by atoms with van der Waals surface area (Å²) in [6.45, 7) is 3.44. The lowest BCUT2D eigenvalue weighted by atomic mass is 10.0. The van der Waals surface area contributed by atoms with Crippen LogP contribution in [0.4, 0.5) is 0 Å². The number of ether oxygens (including phenoxy) is 2. The van der Waals surface area contributed by atoms with Gasteiger partial charge in [0.05, 0.1) is 19.3 Å². The molecule has 3 aromatic rings. The number of rotatable bonds is 11. The fourth-order valence-corrected chi connectivity index (χ4v) is 3.76. The first-order valence-corrected chi connectivity index (χ1v) is 11.8. The molecule has 2 unspecified atom stereocenters. The standard InChI is InChI=1S/C27H31NO3.C2H2O4/c1-21(27(29)24-12-8-5-9-13-24)28(20-22-10-6-4-7-11-22)19-18-26(31-3)23-14-16-25(30-2)17-15-23;3-1(4)2(5)6/h4-17,21,26H,18-20H2,1-3H3;(H,3,4)(H,5,6). The van der Waals surface area contributed by atoms with Gasteiger partial charge in [-0.25, -0.2) is 9.59 Å². The number of aliphatic carboxylic acids is 2. The van der Waals surface area contributed by atoms with E-state index in [1.54, 1.807) is 14.2 Å². The molecule has 0 saturated heterocycles. The number of carboxylic acid groups (broad SMARTS) is 2. The van der Waals surface area contributed by atoms with Crippen molar-refractivity contribution in [1.29, 1.82) is 0 Å². The minimum absolute atomic E-state index is 0.0526.